The summed E-state index contributed by atoms with van der Waals surface area (Å²) in [6.07, 6.45) is 6.13. The third kappa shape index (κ3) is 4.63. The predicted octanol–water partition coefficient (Wildman–Crippen LogP) is 0.250. The maximum absolute atomic E-state index is 12.5. The minimum absolute atomic E-state index is 0.0719. The molecule has 0 radical (unpaired) electrons. The molecule has 1 aromatic heterocycles. The van der Waals surface area contributed by atoms with Crippen molar-refractivity contribution in [1.82, 2.24) is 20.1 Å². The third-order valence-electron chi connectivity index (χ3n) is 5.11. The Morgan fingerprint density at radius 1 is 1.32 bits per heavy atom. The SMILES string of the molecule is CO/N=C(\C(=O)N[C@@H]1C(=O)N2C(C(=O)O)=CCS[C@H]12)c1csc(N)n1.O=C1C[C@H]2SCC=CN12. The number of hydrogen-bond acceptors (Lipinski definition) is 11. The van der Waals surface area contributed by atoms with Crippen molar-refractivity contribution < 1.29 is 29.1 Å². The van der Waals surface area contributed by atoms with E-state index in [1.54, 1.807) is 10.3 Å². The lowest BCUT2D eigenvalue weighted by Gasteiger charge is -2.48. The Morgan fingerprint density at radius 2 is 2.12 bits per heavy atom. The highest BCUT2D eigenvalue weighted by atomic mass is 32.2. The van der Waals surface area contributed by atoms with Crippen molar-refractivity contribution in [1.29, 1.82) is 0 Å². The number of nitrogens with zero attached hydrogens (tertiary/aromatic N) is 4. The molecule has 34 heavy (non-hydrogen) atoms. The van der Waals surface area contributed by atoms with Crippen molar-refractivity contribution in [3.63, 3.8) is 0 Å². The number of carbonyl (C=O) groups is 4. The molecule has 5 rings (SSSR count). The van der Waals surface area contributed by atoms with E-state index < -0.39 is 29.2 Å². The first kappa shape index (κ1) is 24.1. The van der Waals surface area contributed by atoms with E-state index in [-0.39, 0.29) is 28.1 Å². The van der Waals surface area contributed by atoms with Crippen molar-refractivity contribution in [3.05, 3.63) is 35.1 Å². The van der Waals surface area contributed by atoms with Crippen molar-refractivity contribution >= 4 is 69.4 Å². The van der Waals surface area contributed by atoms with E-state index in [1.165, 1.54) is 24.9 Å². The molecule has 4 aliphatic rings. The van der Waals surface area contributed by atoms with E-state index in [2.05, 4.69) is 20.3 Å². The lowest BCUT2D eigenvalue weighted by Crippen LogP contribution is -2.70. The number of amides is 3. The van der Waals surface area contributed by atoms with Crippen LogP contribution in [-0.4, -0.2) is 84.7 Å². The Kier molecular flexibility index (Phi) is 7.13. The Labute approximate surface area is 206 Å². The zero-order valence-corrected chi connectivity index (χ0v) is 20.2. The van der Waals surface area contributed by atoms with Crippen LogP contribution in [0.4, 0.5) is 5.13 Å². The van der Waals surface area contributed by atoms with Gasteiger partial charge < -0.3 is 25.9 Å². The van der Waals surface area contributed by atoms with Crippen LogP contribution in [-0.2, 0) is 24.0 Å². The van der Waals surface area contributed by atoms with Crippen LogP contribution in [0.25, 0.3) is 0 Å². The molecule has 12 nitrogen and oxygen atoms in total. The molecule has 4 aliphatic heterocycles. The molecule has 15 heteroatoms. The molecular formula is C19H20N6O6S3. The second kappa shape index (κ2) is 10.1. The van der Waals surface area contributed by atoms with Gasteiger partial charge in [-0.1, -0.05) is 11.2 Å². The molecule has 0 aromatic carbocycles. The molecule has 0 unspecified atom stereocenters. The van der Waals surface area contributed by atoms with Gasteiger partial charge >= 0.3 is 5.97 Å². The summed E-state index contributed by atoms with van der Waals surface area (Å²) in [5, 5.41) is 17.2. The fraction of sp³-hybridized carbons (Fsp3) is 0.368. The lowest BCUT2D eigenvalue weighted by atomic mass is 10.0. The largest absolute Gasteiger partial charge is 0.477 e. The van der Waals surface area contributed by atoms with Crippen molar-refractivity contribution in [2.24, 2.45) is 5.16 Å². The van der Waals surface area contributed by atoms with Crippen molar-refractivity contribution in [2.45, 2.75) is 23.2 Å². The number of thiazole rings is 1. The van der Waals surface area contributed by atoms with Gasteiger partial charge in [0.25, 0.3) is 11.8 Å². The van der Waals surface area contributed by atoms with E-state index in [0.29, 0.717) is 11.1 Å². The average Bonchev–Trinajstić information content (AvgIpc) is 3.25. The fourth-order valence-corrected chi connectivity index (χ4v) is 6.25. The normalized spacial score (nSPS) is 25.0. The second-order valence-electron chi connectivity index (χ2n) is 7.15. The molecule has 0 aliphatic carbocycles. The number of carboxylic acids is 1. The number of carboxylic acid groups (broad SMARTS) is 1. The summed E-state index contributed by atoms with van der Waals surface area (Å²) >= 11 is 4.33. The van der Waals surface area contributed by atoms with Crippen LogP contribution >= 0.6 is 34.9 Å². The maximum Gasteiger partial charge on any atom is 0.352 e. The number of nitrogens with two attached hydrogens (primary N) is 1. The summed E-state index contributed by atoms with van der Waals surface area (Å²) < 4.78 is 0. The molecular weight excluding hydrogens is 504 g/mol. The van der Waals surface area contributed by atoms with Crippen LogP contribution in [0.2, 0.25) is 0 Å². The quantitative estimate of drug-likeness (QED) is 0.276. The van der Waals surface area contributed by atoms with Crippen LogP contribution in [0.15, 0.2) is 34.6 Å². The van der Waals surface area contributed by atoms with Gasteiger partial charge in [0.1, 0.15) is 29.9 Å². The first-order chi connectivity index (χ1) is 16.3. The number of nitrogen functional groups attached to an aromatic ring is 1. The lowest BCUT2D eigenvalue weighted by molar-refractivity contribution is -0.150. The smallest absolute Gasteiger partial charge is 0.352 e. The molecule has 0 spiro atoms. The summed E-state index contributed by atoms with van der Waals surface area (Å²) in [7, 11) is 1.28. The number of thioether (sulfide) groups is 2. The Bertz CT molecular complexity index is 1120. The highest BCUT2D eigenvalue weighted by Gasteiger charge is 2.53. The summed E-state index contributed by atoms with van der Waals surface area (Å²) in [5.74, 6) is -0.559. The first-order valence-corrected chi connectivity index (χ1v) is 12.9. The highest BCUT2D eigenvalue weighted by Crippen LogP contribution is 2.37. The van der Waals surface area contributed by atoms with E-state index in [4.69, 9.17) is 10.8 Å². The summed E-state index contributed by atoms with van der Waals surface area (Å²) in [6, 6.07) is -0.849. The van der Waals surface area contributed by atoms with E-state index >= 15 is 0 Å². The number of aromatic nitrogens is 1. The second-order valence-corrected chi connectivity index (χ2v) is 10.4. The Hall–Kier alpha value is -3.04. The van der Waals surface area contributed by atoms with Crippen molar-refractivity contribution in [2.75, 3.05) is 24.3 Å². The van der Waals surface area contributed by atoms with Crippen LogP contribution in [0.1, 0.15) is 12.1 Å². The van der Waals surface area contributed by atoms with Gasteiger partial charge in [-0.15, -0.1) is 34.9 Å². The highest BCUT2D eigenvalue weighted by molar-refractivity contribution is 8.00. The molecule has 5 heterocycles. The number of hydrogen-bond donors (Lipinski definition) is 3. The Morgan fingerprint density at radius 3 is 2.71 bits per heavy atom. The predicted molar refractivity (Wildman–Crippen MR) is 128 cm³/mol. The first-order valence-electron chi connectivity index (χ1n) is 9.92. The summed E-state index contributed by atoms with van der Waals surface area (Å²) in [6.45, 7) is 0. The molecule has 0 saturated carbocycles. The maximum atomic E-state index is 12.5. The zero-order chi connectivity index (χ0) is 24.4. The number of β-lactam (4-membered cyclic amide) rings is 2. The molecule has 3 amide bonds. The van der Waals surface area contributed by atoms with Crippen LogP contribution in [0, 0.1) is 0 Å². The van der Waals surface area contributed by atoms with Gasteiger partial charge in [-0.25, -0.2) is 9.78 Å². The number of nitrogens with one attached hydrogen (secondary N) is 1. The fourth-order valence-electron chi connectivity index (χ4n) is 3.48. The van der Waals surface area contributed by atoms with E-state index in [1.807, 2.05) is 24.0 Å². The molecule has 1 aromatic rings. The van der Waals surface area contributed by atoms with Gasteiger partial charge in [0, 0.05) is 23.1 Å². The van der Waals surface area contributed by atoms with Gasteiger partial charge in [-0.3, -0.25) is 19.3 Å². The van der Waals surface area contributed by atoms with Crippen LogP contribution in [0.5, 0.6) is 0 Å². The number of aliphatic carboxylic acids is 1. The molecule has 3 atom stereocenters. The monoisotopic (exact) mass is 524 g/mol. The topological polar surface area (TPSA) is 168 Å². The van der Waals surface area contributed by atoms with Crippen LogP contribution < -0.4 is 11.1 Å². The molecule has 180 valence electrons. The number of fused-ring (bicyclic) bond motifs is 2. The standard InChI is InChI=1S/C13H13N5O5S2.C6H7NOS/c1-23-17-7(5-4-25-13(14)15-5)9(19)16-8-10(20)18-6(12(21)22)2-3-24-11(8)18;8-5-4-6-7(5)2-1-3-9-6/h2,4,8,11H,3H2,1H3,(H2,14,15)(H,16,19)(H,21,22);1-2,6H,3-4H2/b17-7-;/t8-,11-;6-/m11/s1. The van der Waals surface area contributed by atoms with Crippen LogP contribution in [0.3, 0.4) is 0 Å². The average molecular weight is 525 g/mol. The van der Waals surface area contributed by atoms with Gasteiger partial charge in [-0.05, 0) is 6.08 Å². The van der Waals surface area contributed by atoms with Gasteiger partial charge in [-0.2, -0.15) is 0 Å². The molecule has 4 N–H and O–H groups in total. The summed E-state index contributed by atoms with van der Waals surface area (Å²) in [4.78, 5) is 58.2. The minimum Gasteiger partial charge on any atom is -0.477 e. The molecule has 0 bridgehead atoms. The number of anilines is 1. The van der Waals surface area contributed by atoms with Crippen molar-refractivity contribution in [3.8, 4) is 0 Å². The third-order valence-corrected chi connectivity index (χ3v) is 8.13. The minimum atomic E-state index is -1.18. The Balaban J connectivity index is 0.000000252. The van der Waals surface area contributed by atoms with Gasteiger partial charge in [0.2, 0.25) is 5.91 Å². The summed E-state index contributed by atoms with van der Waals surface area (Å²) in [5.41, 5.74) is 5.60. The number of carbonyl (C=O) groups excluding carboxylic acids is 3. The van der Waals surface area contributed by atoms with E-state index in [9.17, 15) is 19.2 Å². The molecule has 2 saturated heterocycles. The van der Waals surface area contributed by atoms with E-state index in [0.717, 1.165) is 28.4 Å². The van der Waals surface area contributed by atoms with Gasteiger partial charge in [0.15, 0.2) is 10.8 Å². The molecule has 2 fully saturated rings. The number of oxime groups is 1. The van der Waals surface area contributed by atoms with Gasteiger partial charge in [0.05, 0.1) is 11.8 Å². The number of rotatable bonds is 5. The zero-order valence-electron chi connectivity index (χ0n) is 17.7.